The van der Waals surface area contributed by atoms with Gasteiger partial charge in [-0.15, -0.1) is 0 Å². The average Bonchev–Trinajstić information content (AvgIpc) is 3.15. The van der Waals surface area contributed by atoms with E-state index in [9.17, 15) is 14.4 Å². The molecule has 0 aliphatic rings. The Balaban J connectivity index is 1.83. The molecule has 1 amide bonds. The number of carbonyl (C=O) groups excluding carboxylic acids is 1. The highest BCUT2D eigenvalue weighted by Gasteiger charge is 2.14. The fraction of sp³-hybridized carbons (Fsp3) is 0.0909. The van der Waals surface area contributed by atoms with Crippen LogP contribution in [0.1, 0.15) is 24.2 Å². The first-order valence-corrected chi connectivity index (χ1v) is 8.49. The molecule has 0 aliphatic carbocycles. The molecular weight excluding hydrogens is 341 g/mol. The van der Waals surface area contributed by atoms with Gasteiger partial charge in [-0.05, 0) is 55.0 Å². The van der Waals surface area contributed by atoms with Crippen LogP contribution in [-0.4, -0.2) is 10.5 Å². The Hall–Kier alpha value is -3.65. The number of hydrogen-bond acceptors (Lipinski definition) is 2. The van der Waals surface area contributed by atoms with Crippen LogP contribution in [0, 0.1) is 17.1 Å². The fourth-order valence-electron chi connectivity index (χ4n) is 2.74. The van der Waals surface area contributed by atoms with Gasteiger partial charge in [-0.3, -0.25) is 4.79 Å². The van der Waals surface area contributed by atoms with Crippen LogP contribution in [0.2, 0.25) is 0 Å². The van der Waals surface area contributed by atoms with E-state index in [4.69, 9.17) is 0 Å². The van der Waals surface area contributed by atoms with Crippen LogP contribution in [-0.2, 0) is 4.79 Å². The van der Waals surface area contributed by atoms with E-state index in [0.29, 0.717) is 5.69 Å². The van der Waals surface area contributed by atoms with E-state index in [0.717, 1.165) is 11.3 Å². The van der Waals surface area contributed by atoms with Crippen molar-refractivity contribution >= 4 is 12.0 Å². The number of halogens is 1. The number of aromatic nitrogens is 1. The quantitative estimate of drug-likeness (QED) is 0.542. The summed E-state index contributed by atoms with van der Waals surface area (Å²) in [5.41, 5.74) is 2.35. The summed E-state index contributed by atoms with van der Waals surface area (Å²) in [5.74, 6) is -0.768. The molecule has 2 aromatic carbocycles. The summed E-state index contributed by atoms with van der Waals surface area (Å²) in [6, 6.07) is 20.9. The third kappa shape index (κ3) is 4.31. The van der Waals surface area contributed by atoms with Crippen LogP contribution in [0.15, 0.2) is 78.5 Å². The highest BCUT2D eigenvalue weighted by atomic mass is 19.1. The summed E-state index contributed by atoms with van der Waals surface area (Å²) < 4.78 is 14.9. The maximum absolute atomic E-state index is 13.1. The lowest BCUT2D eigenvalue weighted by Crippen LogP contribution is -2.27. The molecule has 4 nitrogen and oxygen atoms in total. The third-order valence-corrected chi connectivity index (χ3v) is 4.19. The molecule has 134 valence electrons. The second kappa shape index (κ2) is 8.15. The van der Waals surface area contributed by atoms with Gasteiger partial charge in [0.1, 0.15) is 17.5 Å². The Kier molecular flexibility index (Phi) is 5.48. The summed E-state index contributed by atoms with van der Waals surface area (Å²) in [4.78, 5) is 12.5. The molecule has 1 atom stereocenters. The molecule has 1 heterocycles. The molecule has 27 heavy (non-hydrogen) atoms. The number of hydrogen-bond donors (Lipinski definition) is 1. The minimum Gasteiger partial charge on any atom is -0.345 e. The molecule has 0 spiro atoms. The van der Waals surface area contributed by atoms with Gasteiger partial charge >= 0.3 is 0 Å². The summed E-state index contributed by atoms with van der Waals surface area (Å²) in [6.45, 7) is 1.86. The average molecular weight is 359 g/mol. The van der Waals surface area contributed by atoms with Crippen molar-refractivity contribution < 1.29 is 9.18 Å². The van der Waals surface area contributed by atoms with Gasteiger partial charge in [0.25, 0.3) is 5.91 Å². The molecule has 0 bridgehead atoms. The van der Waals surface area contributed by atoms with Gasteiger partial charge in [-0.2, -0.15) is 5.26 Å². The fourth-order valence-corrected chi connectivity index (χ4v) is 2.74. The Labute approximate surface area is 157 Å². The predicted octanol–water partition coefficient (Wildman–Crippen LogP) is 4.40. The molecule has 1 N–H and O–H groups in total. The van der Waals surface area contributed by atoms with E-state index in [1.165, 1.54) is 18.2 Å². The number of nitrogens with zero attached hydrogens (tertiary/aromatic N) is 2. The number of nitriles is 1. The van der Waals surface area contributed by atoms with Gasteiger partial charge in [-0.25, -0.2) is 4.39 Å². The van der Waals surface area contributed by atoms with Crippen LogP contribution in [0.5, 0.6) is 0 Å². The van der Waals surface area contributed by atoms with E-state index in [-0.39, 0.29) is 17.4 Å². The van der Waals surface area contributed by atoms with Gasteiger partial charge in [0.15, 0.2) is 0 Å². The van der Waals surface area contributed by atoms with Crippen LogP contribution in [0.3, 0.4) is 0 Å². The maximum atomic E-state index is 13.1. The Morgan fingerprint density at radius 2 is 1.81 bits per heavy atom. The number of benzene rings is 2. The molecule has 0 aliphatic heterocycles. The minimum absolute atomic E-state index is 0.000146. The van der Waals surface area contributed by atoms with E-state index in [2.05, 4.69) is 5.32 Å². The van der Waals surface area contributed by atoms with Crippen molar-refractivity contribution in [3.05, 3.63) is 95.6 Å². The van der Waals surface area contributed by atoms with Gasteiger partial charge < -0.3 is 9.88 Å². The smallest absolute Gasteiger partial charge is 0.262 e. The van der Waals surface area contributed by atoms with Gasteiger partial charge in [0, 0.05) is 17.6 Å². The van der Waals surface area contributed by atoms with Crippen LogP contribution < -0.4 is 5.32 Å². The standard InChI is InChI=1S/C22H18FN3O/c1-16(17-6-3-2-4-7-17)25-22(27)18(15-24)14-21-8-5-13-26(21)20-11-9-19(23)10-12-20/h2-14,16H,1H3,(H,25,27)/b18-14-/t16-/m0/s1. The SMILES string of the molecule is C[C@H](NC(=O)/C(C#N)=C\c1cccn1-c1ccc(F)cc1)c1ccccc1. The Bertz CT molecular complexity index is 998. The molecule has 0 unspecified atom stereocenters. The van der Waals surface area contributed by atoms with Crippen molar-refractivity contribution in [3.8, 4) is 11.8 Å². The van der Waals surface area contributed by atoms with Crippen molar-refractivity contribution in [3.63, 3.8) is 0 Å². The second-order valence-corrected chi connectivity index (χ2v) is 6.06. The van der Waals surface area contributed by atoms with Gasteiger partial charge in [0.2, 0.25) is 0 Å². The lowest BCUT2D eigenvalue weighted by molar-refractivity contribution is -0.117. The lowest BCUT2D eigenvalue weighted by Gasteiger charge is -2.14. The Morgan fingerprint density at radius 3 is 2.48 bits per heavy atom. The topological polar surface area (TPSA) is 57.8 Å². The summed E-state index contributed by atoms with van der Waals surface area (Å²) in [5, 5.41) is 12.3. The van der Waals surface area contributed by atoms with Crippen molar-refractivity contribution in [2.75, 3.05) is 0 Å². The number of amides is 1. The molecule has 0 fully saturated rings. The maximum Gasteiger partial charge on any atom is 0.262 e. The summed E-state index contributed by atoms with van der Waals surface area (Å²) in [7, 11) is 0. The molecular formula is C22H18FN3O. The summed E-state index contributed by atoms with van der Waals surface area (Å²) in [6.07, 6.45) is 3.31. The number of carbonyl (C=O) groups is 1. The zero-order valence-electron chi connectivity index (χ0n) is 14.8. The summed E-state index contributed by atoms with van der Waals surface area (Å²) >= 11 is 0. The Morgan fingerprint density at radius 1 is 1.11 bits per heavy atom. The molecule has 0 radical (unpaired) electrons. The molecule has 5 heteroatoms. The molecule has 0 saturated carbocycles. The predicted molar refractivity (Wildman–Crippen MR) is 102 cm³/mol. The normalized spacial score (nSPS) is 12.3. The zero-order valence-corrected chi connectivity index (χ0v) is 14.8. The van der Waals surface area contributed by atoms with E-state index >= 15 is 0 Å². The second-order valence-electron chi connectivity index (χ2n) is 6.06. The lowest BCUT2D eigenvalue weighted by atomic mass is 10.1. The minimum atomic E-state index is -0.444. The van der Waals surface area contributed by atoms with Crippen molar-refractivity contribution in [2.45, 2.75) is 13.0 Å². The zero-order chi connectivity index (χ0) is 19.2. The van der Waals surface area contributed by atoms with E-state index in [1.807, 2.05) is 43.3 Å². The monoisotopic (exact) mass is 359 g/mol. The molecule has 3 aromatic rings. The van der Waals surface area contributed by atoms with Crippen molar-refractivity contribution in [1.29, 1.82) is 5.26 Å². The van der Waals surface area contributed by atoms with Crippen LogP contribution in [0.25, 0.3) is 11.8 Å². The van der Waals surface area contributed by atoms with Gasteiger partial charge in [0.05, 0.1) is 6.04 Å². The van der Waals surface area contributed by atoms with E-state index in [1.54, 1.807) is 35.0 Å². The first-order chi connectivity index (χ1) is 13.1. The molecule has 1 aromatic heterocycles. The van der Waals surface area contributed by atoms with Crippen molar-refractivity contribution in [2.24, 2.45) is 0 Å². The largest absolute Gasteiger partial charge is 0.345 e. The van der Waals surface area contributed by atoms with E-state index < -0.39 is 5.91 Å². The number of rotatable bonds is 5. The highest BCUT2D eigenvalue weighted by molar-refractivity contribution is 6.01. The van der Waals surface area contributed by atoms with Crippen molar-refractivity contribution in [1.82, 2.24) is 9.88 Å². The van der Waals surface area contributed by atoms with Gasteiger partial charge in [-0.1, -0.05) is 30.3 Å². The highest BCUT2D eigenvalue weighted by Crippen LogP contribution is 2.17. The first kappa shape index (κ1) is 18.2. The van der Waals surface area contributed by atoms with Crippen LogP contribution >= 0.6 is 0 Å². The molecule has 3 rings (SSSR count). The van der Waals surface area contributed by atoms with Crippen LogP contribution in [0.4, 0.5) is 4.39 Å². The first-order valence-electron chi connectivity index (χ1n) is 8.49. The number of nitrogens with one attached hydrogen (secondary N) is 1. The molecule has 0 saturated heterocycles. The third-order valence-electron chi connectivity index (χ3n) is 4.19.